The molecule has 148 valence electrons. The standard InChI is InChI=1S/C19H32O6Si/c1-4-22-26(23-5-2,24-6-3)15-7-8-17-9-11-18(12-10-17)25-19-16-20-13-14-21-19/h9-12,19H,4-8,13-16H2,1-3H3. The summed E-state index contributed by atoms with van der Waals surface area (Å²) in [6.07, 6.45) is 1.60. The van der Waals surface area contributed by atoms with E-state index in [1.54, 1.807) is 0 Å². The molecule has 0 aromatic heterocycles. The molecular weight excluding hydrogens is 352 g/mol. The molecule has 2 rings (SSSR count). The van der Waals surface area contributed by atoms with Crippen molar-refractivity contribution in [2.24, 2.45) is 0 Å². The van der Waals surface area contributed by atoms with E-state index in [-0.39, 0.29) is 6.29 Å². The summed E-state index contributed by atoms with van der Waals surface area (Å²) >= 11 is 0. The third-order valence-electron chi connectivity index (χ3n) is 4.02. The minimum Gasteiger partial charge on any atom is -0.462 e. The minimum atomic E-state index is -2.54. The first-order valence-electron chi connectivity index (χ1n) is 9.58. The molecule has 7 heteroatoms. The van der Waals surface area contributed by atoms with Crippen LogP contribution in [0.2, 0.25) is 6.04 Å². The summed E-state index contributed by atoms with van der Waals surface area (Å²) in [6, 6.07) is 8.96. The summed E-state index contributed by atoms with van der Waals surface area (Å²) in [5.41, 5.74) is 1.26. The zero-order valence-electron chi connectivity index (χ0n) is 16.2. The Labute approximate surface area is 158 Å². The van der Waals surface area contributed by atoms with E-state index in [1.807, 2.05) is 32.9 Å². The number of hydrogen-bond donors (Lipinski definition) is 0. The third-order valence-corrected chi connectivity index (χ3v) is 7.17. The second-order valence-corrected chi connectivity index (χ2v) is 8.70. The molecule has 0 radical (unpaired) electrons. The van der Waals surface area contributed by atoms with Gasteiger partial charge in [-0.2, -0.15) is 0 Å². The highest BCUT2D eigenvalue weighted by molar-refractivity contribution is 6.60. The molecule has 0 N–H and O–H groups in total. The van der Waals surface area contributed by atoms with E-state index in [0.29, 0.717) is 39.6 Å². The lowest BCUT2D eigenvalue weighted by Crippen LogP contribution is -2.46. The molecular formula is C19H32O6Si. The molecule has 1 aromatic rings. The predicted molar refractivity (Wildman–Crippen MR) is 101 cm³/mol. The summed E-state index contributed by atoms with van der Waals surface area (Å²) in [7, 11) is -2.54. The van der Waals surface area contributed by atoms with E-state index in [1.165, 1.54) is 5.56 Å². The normalized spacial score (nSPS) is 18.0. The topological polar surface area (TPSA) is 55.4 Å². The Hall–Kier alpha value is -0.963. The van der Waals surface area contributed by atoms with E-state index in [9.17, 15) is 0 Å². The zero-order chi connectivity index (χ0) is 18.7. The van der Waals surface area contributed by atoms with Crippen molar-refractivity contribution in [3.8, 4) is 5.75 Å². The first-order chi connectivity index (χ1) is 12.7. The lowest BCUT2D eigenvalue weighted by Gasteiger charge is -2.28. The molecule has 26 heavy (non-hydrogen) atoms. The van der Waals surface area contributed by atoms with Crippen LogP contribution >= 0.6 is 0 Å². The van der Waals surface area contributed by atoms with Gasteiger partial charge < -0.3 is 27.5 Å². The Morgan fingerprint density at radius 3 is 2.15 bits per heavy atom. The summed E-state index contributed by atoms with van der Waals surface area (Å²) in [5.74, 6) is 0.797. The van der Waals surface area contributed by atoms with Gasteiger partial charge in [0, 0.05) is 25.9 Å². The largest absolute Gasteiger partial charge is 0.500 e. The lowest BCUT2D eigenvalue weighted by atomic mass is 10.1. The minimum absolute atomic E-state index is 0.315. The Balaban J connectivity index is 1.81. The van der Waals surface area contributed by atoms with Crippen LogP contribution in [0.1, 0.15) is 32.8 Å². The van der Waals surface area contributed by atoms with E-state index in [0.717, 1.165) is 24.6 Å². The second-order valence-electron chi connectivity index (χ2n) is 5.97. The van der Waals surface area contributed by atoms with Crippen LogP contribution in [0.4, 0.5) is 0 Å². The van der Waals surface area contributed by atoms with Gasteiger partial charge in [0.1, 0.15) is 12.4 Å². The highest BCUT2D eigenvalue weighted by atomic mass is 28.4. The Morgan fingerprint density at radius 1 is 0.962 bits per heavy atom. The van der Waals surface area contributed by atoms with E-state index < -0.39 is 8.80 Å². The van der Waals surface area contributed by atoms with Gasteiger partial charge in [-0.3, -0.25) is 0 Å². The SMILES string of the molecule is CCO[Si](CCCc1ccc(OC2COCCO2)cc1)(OCC)OCC. The summed E-state index contributed by atoms with van der Waals surface area (Å²) in [6.45, 7) is 9.49. The van der Waals surface area contributed by atoms with Crippen LogP contribution < -0.4 is 4.74 Å². The quantitative estimate of drug-likeness (QED) is 0.515. The van der Waals surface area contributed by atoms with Gasteiger partial charge in [0.15, 0.2) is 0 Å². The fraction of sp³-hybridized carbons (Fsp3) is 0.684. The molecule has 0 amide bonds. The van der Waals surface area contributed by atoms with Gasteiger partial charge in [0.2, 0.25) is 6.29 Å². The van der Waals surface area contributed by atoms with Crippen LogP contribution in [-0.2, 0) is 29.2 Å². The summed E-state index contributed by atoms with van der Waals surface area (Å²) in [4.78, 5) is 0. The van der Waals surface area contributed by atoms with Gasteiger partial charge in [-0.05, 0) is 51.3 Å². The third kappa shape index (κ3) is 6.98. The van der Waals surface area contributed by atoms with Crippen LogP contribution in [0.3, 0.4) is 0 Å². The smallest absolute Gasteiger partial charge is 0.462 e. The van der Waals surface area contributed by atoms with E-state index in [4.69, 9.17) is 27.5 Å². The van der Waals surface area contributed by atoms with Gasteiger partial charge in [-0.15, -0.1) is 0 Å². The maximum atomic E-state index is 5.90. The first-order valence-corrected chi connectivity index (χ1v) is 11.5. The highest BCUT2D eigenvalue weighted by Crippen LogP contribution is 2.21. The maximum Gasteiger partial charge on any atom is 0.500 e. The second kappa shape index (κ2) is 11.7. The molecule has 1 heterocycles. The molecule has 1 aliphatic rings. The van der Waals surface area contributed by atoms with Crippen LogP contribution in [0.25, 0.3) is 0 Å². The number of benzene rings is 1. The molecule has 0 bridgehead atoms. The molecule has 0 saturated carbocycles. The number of aryl methyl sites for hydroxylation is 1. The van der Waals surface area contributed by atoms with Gasteiger partial charge in [0.25, 0.3) is 0 Å². The molecule has 6 nitrogen and oxygen atoms in total. The van der Waals surface area contributed by atoms with E-state index in [2.05, 4.69) is 12.1 Å². The summed E-state index contributed by atoms with van der Waals surface area (Å²) < 4.78 is 34.3. The molecule has 1 atom stereocenters. The van der Waals surface area contributed by atoms with Gasteiger partial charge in [-0.1, -0.05) is 12.1 Å². The Kier molecular flexibility index (Phi) is 9.59. The zero-order valence-corrected chi connectivity index (χ0v) is 17.2. The number of hydrogen-bond acceptors (Lipinski definition) is 6. The molecule has 1 aromatic carbocycles. The van der Waals surface area contributed by atoms with Gasteiger partial charge >= 0.3 is 8.80 Å². The monoisotopic (exact) mass is 384 g/mol. The van der Waals surface area contributed by atoms with Crippen molar-refractivity contribution in [1.82, 2.24) is 0 Å². The van der Waals surface area contributed by atoms with Crippen molar-refractivity contribution in [2.45, 2.75) is 45.9 Å². The van der Waals surface area contributed by atoms with Gasteiger partial charge in [-0.25, -0.2) is 0 Å². The van der Waals surface area contributed by atoms with Crippen molar-refractivity contribution in [1.29, 1.82) is 0 Å². The maximum absolute atomic E-state index is 5.90. The Morgan fingerprint density at radius 2 is 1.62 bits per heavy atom. The molecule has 1 aliphatic heterocycles. The molecule has 0 aliphatic carbocycles. The number of rotatable bonds is 12. The van der Waals surface area contributed by atoms with Crippen LogP contribution in [0.5, 0.6) is 5.75 Å². The van der Waals surface area contributed by atoms with Crippen molar-refractivity contribution >= 4 is 8.80 Å². The number of ether oxygens (including phenoxy) is 3. The lowest BCUT2D eigenvalue weighted by molar-refractivity contribution is -0.170. The van der Waals surface area contributed by atoms with Crippen molar-refractivity contribution in [2.75, 3.05) is 39.6 Å². The fourth-order valence-corrected chi connectivity index (χ4v) is 5.54. The van der Waals surface area contributed by atoms with Crippen molar-refractivity contribution in [3.63, 3.8) is 0 Å². The van der Waals surface area contributed by atoms with Crippen molar-refractivity contribution < 1.29 is 27.5 Å². The average molecular weight is 385 g/mol. The molecule has 1 saturated heterocycles. The first kappa shape index (κ1) is 21.3. The molecule has 1 fully saturated rings. The van der Waals surface area contributed by atoms with Gasteiger partial charge in [0.05, 0.1) is 13.2 Å². The van der Waals surface area contributed by atoms with Crippen molar-refractivity contribution in [3.05, 3.63) is 29.8 Å². The van der Waals surface area contributed by atoms with E-state index >= 15 is 0 Å². The highest BCUT2D eigenvalue weighted by Gasteiger charge is 2.39. The fourth-order valence-electron chi connectivity index (χ4n) is 2.93. The van der Waals surface area contributed by atoms with Crippen LogP contribution in [0.15, 0.2) is 24.3 Å². The predicted octanol–water partition coefficient (Wildman–Crippen LogP) is 3.42. The Bertz CT molecular complexity index is 472. The molecule has 1 unspecified atom stereocenters. The summed E-state index contributed by atoms with van der Waals surface area (Å²) in [5, 5.41) is 0. The molecule has 0 spiro atoms. The van der Waals surface area contributed by atoms with Crippen LogP contribution in [0, 0.1) is 0 Å². The average Bonchev–Trinajstić information content (AvgIpc) is 2.65. The van der Waals surface area contributed by atoms with Crippen LogP contribution in [-0.4, -0.2) is 54.7 Å².